The Hall–Kier alpha value is -1.15. The zero-order valence-electron chi connectivity index (χ0n) is 10.7. The fraction of sp³-hybridized carbons (Fsp3) is 0.533. The number of aryl methyl sites for hydroxylation is 1. The van der Waals surface area contributed by atoms with Gasteiger partial charge in [-0.3, -0.25) is 4.79 Å². The Bertz CT molecular complexity index is 427. The lowest BCUT2D eigenvalue weighted by Crippen LogP contribution is -2.41. The van der Waals surface area contributed by atoms with Crippen molar-refractivity contribution in [2.45, 2.75) is 45.6 Å². The number of hydrogen-bond donors (Lipinski definition) is 1. The van der Waals surface area contributed by atoms with Crippen LogP contribution in [-0.4, -0.2) is 11.8 Å². The van der Waals surface area contributed by atoms with E-state index < -0.39 is 0 Å². The monoisotopic (exact) mass is 231 g/mol. The maximum absolute atomic E-state index is 12.4. The Morgan fingerprint density at radius 3 is 2.88 bits per heavy atom. The molecule has 0 heterocycles. The highest BCUT2D eigenvalue weighted by molar-refractivity contribution is 5.87. The summed E-state index contributed by atoms with van der Waals surface area (Å²) in [6.45, 7) is 4.08. The van der Waals surface area contributed by atoms with Gasteiger partial charge >= 0.3 is 0 Å². The van der Waals surface area contributed by atoms with Crippen molar-refractivity contribution >= 4 is 5.78 Å². The van der Waals surface area contributed by atoms with Crippen molar-refractivity contribution in [3.05, 3.63) is 35.4 Å². The molecule has 0 bridgehead atoms. The van der Waals surface area contributed by atoms with Gasteiger partial charge < -0.3 is 5.73 Å². The number of rotatable bonds is 3. The maximum Gasteiger partial charge on any atom is 0.144 e. The molecule has 17 heavy (non-hydrogen) atoms. The van der Waals surface area contributed by atoms with Crippen LogP contribution in [-0.2, 0) is 11.2 Å². The Morgan fingerprint density at radius 2 is 2.29 bits per heavy atom. The molecule has 2 unspecified atom stereocenters. The van der Waals surface area contributed by atoms with E-state index in [4.69, 9.17) is 5.73 Å². The smallest absolute Gasteiger partial charge is 0.144 e. The van der Waals surface area contributed by atoms with E-state index in [0.29, 0.717) is 12.2 Å². The molecule has 92 valence electrons. The second kappa shape index (κ2) is 4.61. The second-order valence-corrected chi connectivity index (χ2v) is 5.51. The average Bonchev–Trinajstić information content (AvgIpc) is 2.60. The number of hydrogen-bond acceptors (Lipinski definition) is 2. The minimum atomic E-state index is -0.302. The molecule has 1 saturated carbocycles. The van der Waals surface area contributed by atoms with Crippen LogP contribution in [0.25, 0.3) is 0 Å². The molecule has 1 aromatic carbocycles. The summed E-state index contributed by atoms with van der Waals surface area (Å²) in [6.07, 6.45) is 3.53. The summed E-state index contributed by atoms with van der Waals surface area (Å²) in [4.78, 5) is 12.4. The largest absolute Gasteiger partial charge is 0.327 e. The first-order chi connectivity index (χ1) is 8.02. The van der Waals surface area contributed by atoms with Crippen molar-refractivity contribution in [1.82, 2.24) is 0 Å². The molecule has 1 aliphatic rings. The minimum Gasteiger partial charge on any atom is -0.327 e. The van der Waals surface area contributed by atoms with Gasteiger partial charge in [-0.2, -0.15) is 0 Å². The zero-order valence-corrected chi connectivity index (χ0v) is 10.7. The van der Waals surface area contributed by atoms with Crippen molar-refractivity contribution in [3.63, 3.8) is 0 Å². The number of Topliss-reactive ketones (excluding diaryl/α,β-unsaturated/α-hetero) is 1. The van der Waals surface area contributed by atoms with Gasteiger partial charge in [0.15, 0.2) is 0 Å². The molecule has 1 aliphatic carbocycles. The van der Waals surface area contributed by atoms with Gasteiger partial charge in [0.25, 0.3) is 0 Å². The highest BCUT2D eigenvalue weighted by Gasteiger charge is 2.42. The lowest BCUT2D eigenvalue weighted by Gasteiger charge is -2.27. The van der Waals surface area contributed by atoms with E-state index in [2.05, 4.69) is 19.1 Å². The first-order valence-corrected chi connectivity index (χ1v) is 6.37. The van der Waals surface area contributed by atoms with Crippen LogP contribution in [0, 0.1) is 12.3 Å². The third-order valence-corrected chi connectivity index (χ3v) is 4.11. The van der Waals surface area contributed by atoms with Crippen LogP contribution in [0.2, 0.25) is 0 Å². The number of ketones is 1. The van der Waals surface area contributed by atoms with Gasteiger partial charge in [-0.1, -0.05) is 43.2 Å². The summed E-state index contributed by atoms with van der Waals surface area (Å²) in [5.41, 5.74) is 8.09. The van der Waals surface area contributed by atoms with E-state index in [0.717, 1.165) is 24.8 Å². The summed E-state index contributed by atoms with van der Waals surface area (Å²) in [5.74, 6) is 0.299. The molecule has 2 heteroatoms. The number of carbonyl (C=O) groups excluding carboxylic acids is 1. The third kappa shape index (κ3) is 2.42. The van der Waals surface area contributed by atoms with Crippen LogP contribution in [0.3, 0.4) is 0 Å². The van der Waals surface area contributed by atoms with Crippen LogP contribution in [0.5, 0.6) is 0 Å². The van der Waals surface area contributed by atoms with E-state index in [-0.39, 0.29) is 11.5 Å². The van der Waals surface area contributed by atoms with Crippen molar-refractivity contribution in [2.24, 2.45) is 11.1 Å². The summed E-state index contributed by atoms with van der Waals surface area (Å²) in [7, 11) is 0. The van der Waals surface area contributed by atoms with Crippen molar-refractivity contribution < 1.29 is 4.79 Å². The molecule has 2 atom stereocenters. The molecule has 0 spiro atoms. The zero-order chi connectivity index (χ0) is 12.5. The second-order valence-electron chi connectivity index (χ2n) is 5.51. The minimum absolute atomic E-state index is 0.0415. The molecule has 0 aromatic heterocycles. The highest BCUT2D eigenvalue weighted by Crippen LogP contribution is 2.38. The van der Waals surface area contributed by atoms with E-state index >= 15 is 0 Å². The lowest BCUT2D eigenvalue weighted by atomic mass is 9.78. The van der Waals surface area contributed by atoms with Gasteiger partial charge in [0.1, 0.15) is 5.78 Å². The molecule has 2 nitrogen and oxygen atoms in total. The number of carbonyl (C=O) groups is 1. The molecule has 0 radical (unpaired) electrons. The molecule has 1 fully saturated rings. The highest BCUT2D eigenvalue weighted by atomic mass is 16.1. The van der Waals surface area contributed by atoms with E-state index in [1.165, 1.54) is 5.56 Å². The van der Waals surface area contributed by atoms with Crippen LogP contribution >= 0.6 is 0 Å². The van der Waals surface area contributed by atoms with Gasteiger partial charge in [0.05, 0.1) is 0 Å². The topological polar surface area (TPSA) is 43.1 Å². The fourth-order valence-electron chi connectivity index (χ4n) is 2.75. The Labute approximate surface area is 103 Å². The third-order valence-electron chi connectivity index (χ3n) is 4.11. The van der Waals surface area contributed by atoms with Crippen LogP contribution in [0.1, 0.15) is 37.3 Å². The van der Waals surface area contributed by atoms with Gasteiger partial charge in [-0.05, 0) is 25.3 Å². The van der Waals surface area contributed by atoms with Gasteiger partial charge in [0, 0.05) is 17.9 Å². The molecule has 2 rings (SSSR count). The van der Waals surface area contributed by atoms with Gasteiger partial charge in [-0.25, -0.2) is 0 Å². The predicted molar refractivity (Wildman–Crippen MR) is 69.8 cm³/mol. The first-order valence-electron chi connectivity index (χ1n) is 6.37. The maximum atomic E-state index is 12.4. The molecular formula is C15H21NO. The van der Waals surface area contributed by atoms with Crippen molar-refractivity contribution in [3.8, 4) is 0 Å². The van der Waals surface area contributed by atoms with Crippen LogP contribution in [0.4, 0.5) is 0 Å². The summed E-state index contributed by atoms with van der Waals surface area (Å²) < 4.78 is 0. The Kier molecular flexibility index (Phi) is 3.34. The SMILES string of the molecule is Cc1cccc(CC(=O)C2(C)CCCC2N)c1. The fourth-order valence-corrected chi connectivity index (χ4v) is 2.75. The number of benzene rings is 1. The number of nitrogens with two attached hydrogens (primary N) is 1. The lowest BCUT2D eigenvalue weighted by molar-refractivity contribution is -0.127. The van der Waals surface area contributed by atoms with E-state index in [9.17, 15) is 4.79 Å². The van der Waals surface area contributed by atoms with E-state index in [1.54, 1.807) is 0 Å². The molecule has 0 saturated heterocycles. The normalized spacial score (nSPS) is 28.3. The van der Waals surface area contributed by atoms with E-state index in [1.807, 2.05) is 19.1 Å². The molecule has 2 N–H and O–H groups in total. The molecule has 1 aromatic rings. The average molecular weight is 231 g/mol. The quantitative estimate of drug-likeness (QED) is 0.869. The van der Waals surface area contributed by atoms with Crippen molar-refractivity contribution in [2.75, 3.05) is 0 Å². The summed E-state index contributed by atoms with van der Waals surface area (Å²) >= 11 is 0. The Morgan fingerprint density at radius 1 is 1.53 bits per heavy atom. The van der Waals surface area contributed by atoms with Gasteiger partial charge in [0.2, 0.25) is 0 Å². The van der Waals surface area contributed by atoms with Crippen molar-refractivity contribution in [1.29, 1.82) is 0 Å². The predicted octanol–water partition coefficient (Wildman–Crippen LogP) is 2.62. The summed E-state index contributed by atoms with van der Waals surface area (Å²) in [6, 6.07) is 8.21. The summed E-state index contributed by atoms with van der Waals surface area (Å²) in [5, 5.41) is 0. The molecular weight excluding hydrogens is 210 g/mol. The molecule has 0 aliphatic heterocycles. The van der Waals surface area contributed by atoms with Crippen LogP contribution < -0.4 is 5.73 Å². The first kappa shape index (κ1) is 12.3. The molecule has 0 amide bonds. The van der Waals surface area contributed by atoms with Gasteiger partial charge in [-0.15, -0.1) is 0 Å². The Balaban J connectivity index is 2.12. The van der Waals surface area contributed by atoms with Crippen LogP contribution in [0.15, 0.2) is 24.3 Å². The standard InChI is InChI=1S/C15H21NO/c1-11-5-3-6-12(9-11)10-14(17)15(2)8-4-7-13(15)16/h3,5-6,9,13H,4,7-8,10,16H2,1-2H3.